The van der Waals surface area contributed by atoms with Crippen molar-refractivity contribution >= 4 is 45.0 Å². The molecule has 10 heteroatoms. The minimum Gasteiger partial charge on any atom is -0.493 e. The number of benzene rings is 2. The number of hydrogen-bond donors (Lipinski definition) is 2. The summed E-state index contributed by atoms with van der Waals surface area (Å²) >= 11 is 0. The normalized spacial score (nSPS) is 12.2. The van der Waals surface area contributed by atoms with Gasteiger partial charge >= 0.3 is 0 Å². The number of para-hydroxylation sites is 2. The summed E-state index contributed by atoms with van der Waals surface area (Å²) in [6.45, 7) is 9.87. The number of amides is 2. The molecule has 4 rings (SSSR count). The van der Waals surface area contributed by atoms with Crippen LogP contribution in [0.5, 0.6) is 11.8 Å². The lowest BCUT2D eigenvalue weighted by Gasteiger charge is -2.08. The fraction of sp³-hybridized carbons (Fsp3) is 0.486. The van der Waals surface area contributed by atoms with E-state index < -0.39 is 0 Å². The van der Waals surface area contributed by atoms with E-state index in [9.17, 15) is 19.8 Å². The Kier molecular flexibility index (Phi) is 12.0. The van der Waals surface area contributed by atoms with E-state index in [0.717, 1.165) is 53.9 Å². The summed E-state index contributed by atoms with van der Waals surface area (Å²) in [5, 5.41) is 39.2. The maximum atomic E-state index is 12.4. The van der Waals surface area contributed by atoms with Crippen molar-refractivity contribution in [2.75, 3.05) is 0 Å². The van der Waals surface area contributed by atoms with Crippen molar-refractivity contribution in [2.45, 2.75) is 98.6 Å². The van der Waals surface area contributed by atoms with Gasteiger partial charge in [0.25, 0.3) is 11.8 Å². The Morgan fingerprint density at radius 2 is 1.00 bits per heavy atom. The van der Waals surface area contributed by atoms with E-state index in [1.165, 1.54) is 0 Å². The third kappa shape index (κ3) is 8.86. The number of carbonyl (C=O) groups is 2. The molecular weight excluding hydrogens is 568 g/mol. The highest BCUT2D eigenvalue weighted by atomic mass is 16.3. The van der Waals surface area contributed by atoms with E-state index in [1.807, 2.05) is 57.7 Å². The lowest BCUT2D eigenvalue weighted by atomic mass is 10.1. The molecule has 2 amide bonds. The quantitative estimate of drug-likeness (QED) is 0.0959. The Hall–Kier alpha value is -4.34. The van der Waals surface area contributed by atoms with Crippen LogP contribution in [0.25, 0.3) is 21.8 Å². The molecule has 0 aliphatic carbocycles. The van der Waals surface area contributed by atoms with Gasteiger partial charge in [0.15, 0.2) is 11.4 Å². The molecule has 2 heterocycles. The molecule has 0 fully saturated rings. The summed E-state index contributed by atoms with van der Waals surface area (Å²) in [6.07, 6.45) is 6.27. The molecule has 0 aliphatic rings. The molecular formula is C35H46N6O4. The van der Waals surface area contributed by atoms with Crippen LogP contribution in [0.2, 0.25) is 0 Å². The fourth-order valence-corrected chi connectivity index (χ4v) is 5.36. The zero-order valence-electron chi connectivity index (χ0n) is 26.9. The van der Waals surface area contributed by atoms with Crippen LogP contribution in [0.15, 0.2) is 69.0 Å². The number of rotatable bonds is 16. The van der Waals surface area contributed by atoms with Crippen molar-refractivity contribution in [3.05, 3.63) is 48.5 Å². The average molecular weight is 615 g/mol. The van der Waals surface area contributed by atoms with E-state index in [4.69, 9.17) is 0 Å². The van der Waals surface area contributed by atoms with Crippen molar-refractivity contribution in [2.24, 2.45) is 32.3 Å². The summed E-state index contributed by atoms with van der Waals surface area (Å²) in [7, 11) is 0. The van der Waals surface area contributed by atoms with Gasteiger partial charge in [-0.3, -0.25) is 9.59 Å². The summed E-state index contributed by atoms with van der Waals surface area (Å²) in [5.74, 6) is 0.405. The molecule has 2 N–H and O–H groups in total. The van der Waals surface area contributed by atoms with Gasteiger partial charge in [-0.05, 0) is 49.7 Å². The number of aromatic hydroxyl groups is 2. The maximum Gasteiger partial charge on any atom is 0.264 e. The smallest absolute Gasteiger partial charge is 0.264 e. The van der Waals surface area contributed by atoms with Crippen molar-refractivity contribution in [1.82, 2.24) is 9.13 Å². The minimum absolute atomic E-state index is 0.0349. The molecule has 0 bridgehead atoms. The minimum atomic E-state index is -0.321. The maximum absolute atomic E-state index is 12.4. The van der Waals surface area contributed by atoms with Gasteiger partial charge in [-0.2, -0.15) is 0 Å². The van der Waals surface area contributed by atoms with Crippen LogP contribution in [0, 0.1) is 11.8 Å². The first-order chi connectivity index (χ1) is 21.7. The number of nitrogens with zero attached hydrogens (tertiary/aromatic N) is 6. The van der Waals surface area contributed by atoms with E-state index >= 15 is 0 Å². The second-order valence-electron chi connectivity index (χ2n) is 12.5. The van der Waals surface area contributed by atoms with Crippen molar-refractivity contribution in [3.63, 3.8) is 0 Å². The number of carbonyl (C=O) groups excluding carboxylic acids is 2. The second kappa shape index (κ2) is 16.1. The van der Waals surface area contributed by atoms with Crippen LogP contribution in [0.4, 0.5) is 11.4 Å². The molecule has 0 unspecified atom stereocenters. The number of aryl methyl sites for hydroxylation is 2. The molecule has 0 saturated heterocycles. The predicted molar refractivity (Wildman–Crippen MR) is 177 cm³/mol. The first-order valence-electron chi connectivity index (χ1n) is 16.2. The van der Waals surface area contributed by atoms with Crippen molar-refractivity contribution in [1.29, 1.82) is 0 Å². The van der Waals surface area contributed by atoms with Gasteiger partial charge in [0.05, 0.1) is 11.0 Å². The summed E-state index contributed by atoms with van der Waals surface area (Å²) < 4.78 is 3.66. The zero-order chi connectivity index (χ0) is 32.3. The lowest BCUT2D eigenvalue weighted by Crippen LogP contribution is -2.00. The fourth-order valence-electron chi connectivity index (χ4n) is 5.36. The number of fused-ring (bicyclic) bond motifs is 2. The molecule has 0 aliphatic heterocycles. The van der Waals surface area contributed by atoms with Gasteiger partial charge in [-0.15, -0.1) is 20.5 Å². The van der Waals surface area contributed by atoms with E-state index in [0.29, 0.717) is 49.1 Å². The third-order valence-electron chi connectivity index (χ3n) is 8.00. The average Bonchev–Trinajstić information content (AvgIpc) is 3.44. The summed E-state index contributed by atoms with van der Waals surface area (Å²) in [4.78, 5) is 24.8. The molecule has 0 radical (unpaired) electrons. The van der Waals surface area contributed by atoms with Crippen LogP contribution >= 0.6 is 0 Å². The Bertz CT molecular complexity index is 1540. The Balaban J connectivity index is 1.19. The van der Waals surface area contributed by atoms with Crippen LogP contribution in [-0.2, 0) is 22.7 Å². The summed E-state index contributed by atoms with van der Waals surface area (Å²) in [6, 6.07) is 15.2. The number of aromatic nitrogens is 2. The standard InChI is InChI=1S/C35H46N6O4/c1-24(2)20-22-40-28-16-12-10-14-26(28)32(34(40)44)38-36-30(42)18-8-6-5-7-9-19-31(43)37-39-33-27-15-11-13-17-29(27)41(35(33)45)23-21-25(3)4/h10-17,24-25,44-45H,5-9,18-23H2,1-4H3. The molecule has 45 heavy (non-hydrogen) atoms. The Morgan fingerprint density at radius 1 is 0.622 bits per heavy atom. The molecule has 2 aromatic carbocycles. The largest absolute Gasteiger partial charge is 0.493 e. The molecule has 2 aromatic heterocycles. The Labute approximate surface area is 264 Å². The van der Waals surface area contributed by atoms with Gasteiger partial charge in [0, 0.05) is 36.7 Å². The van der Waals surface area contributed by atoms with E-state index in [2.05, 4.69) is 48.2 Å². The van der Waals surface area contributed by atoms with Crippen LogP contribution in [0.3, 0.4) is 0 Å². The molecule has 4 aromatic rings. The zero-order valence-corrected chi connectivity index (χ0v) is 26.9. The summed E-state index contributed by atoms with van der Waals surface area (Å²) in [5.41, 5.74) is 2.41. The molecule has 0 saturated carbocycles. The first-order valence-corrected chi connectivity index (χ1v) is 16.2. The van der Waals surface area contributed by atoms with Gasteiger partial charge in [0.2, 0.25) is 11.8 Å². The predicted octanol–water partition coefficient (Wildman–Crippen LogP) is 9.75. The molecule has 10 nitrogen and oxygen atoms in total. The van der Waals surface area contributed by atoms with Crippen molar-refractivity contribution < 1.29 is 19.8 Å². The van der Waals surface area contributed by atoms with Crippen LogP contribution in [-0.4, -0.2) is 31.2 Å². The highest BCUT2D eigenvalue weighted by molar-refractivity contribution is 5.96. The lowest BCUT2D eigenvalue weighted by molar-refractivity contribution is -0.119. The van der Waals surface area contributed by atoms with Crippen LogP contribution < -0.4 is 0 Å². The first kappa shape index (κ1) is 33.6. The molecule has 240 valence electrons. The molecule has 0 spiro atoms. The third-order valence-corrected chi connectivity index (χ3v) is 8.00. The van der Waals surface area contributed by atoms with Gasteiger partial charge in [-0.1, -0.05) is 83.4 Å². The second-order valence-corrected chi connectivity index (χ2v) is 12.5. The number of hydrogen-bond acceptors (Lipinski definition) is 6. The van der Waals surface area contributed by atoms with Gasteiger partial charge in [-0.25, -0.2) is 0 Å². The SMILES string of the molecule is CC(C)CCn1c(O)c(N=NC(=O)CCCCCCCC(=O)N=Nc2c(O)n(CCC(C)C)c3ccccc23)c2ccccc21. The molecule has 0 atom stereocenters. The van der Waals surface area contributed by atoms with Crippen LogP contribution in [0.1, 0.15) is 85.5 Å². The highest BCUT2D eigenvalue weighted by Gasteiger charge is 2.18. The topological polar surface area (TPSA) is 134 Å². The Morgan fingerprint density at radius 3 is 1.40 bits per heavy atom. The monoisotopic (exact) mass is 614 g/mol. The van der Waals surface area contributed by atoms with Gasteiger partial charge in [0.1, 0.15) is 0 Å². The van der Waals surface area contributed by atoms with E-state index in [1.54, 1.807) is 0 Å². The van der Waals surface area contributed by atoms with Crippen molar-refractivity contribution in [3.8, 4) is 11.8 Å². The number of azo groups is 2. The number of unbranched alkanes of at least 4 members (excludes halogenated alkanes) is 4. The van der Waals surface area contributed by atoms with E-state index in [-0.39, 0.29) is 36.4 Å². The van der Waals surface area contributed by atoms with Gasteiger partial charge < -0.3 is 19.3 Å². The highest BCUT2D eigenvalue weighted by Crippen LogP contribution is 2.40.